The van der Waals surface area contributed by atoms with Crippen LogP contribution in [0.3, 0.4) is 0 Å². The predicted molar refractivity (Wildman–Crippen MR) is 33.6 cm³/mol. The van der Waals surface area contributed by atoms with E-state index in [1.54, 1.807) is 0 Å². The molecule has 2 nitrogen and oxygen atoms in total. The van der Waals surface area contributed by atoms with E-state index >= 15 is 0 Å². The standard InChI is InChI=1S/C7H10O2/c1-3-5-6(4-2)9-7(5)8/h4-5H,3H2,1-2H3/b6-4+/t5-/m1/s1. The quantitative estimate of drug-likeness (QED) is 0.497. The van der Waals surface area contributed by atoms with E-state index in [4.69, 9.17) is 4.74 Å². The lowest BCUT2D eigenvalue weighted by atomic mass is 9.99. The highest BCUT2D eigenvalue weighted by molar-refractivity contribution is 5.82. The zero-order valence-electron chi connectivity index (χ0n) is 5.68. The molecule has 0 spiro atoms. The number of allylic oxidation sites excluding steroid dienone is 1. The van der Waals surface area contributed by atoms with Crippen molar-refractivity contribution in [1.82, 2.24) is 0 Å². The molecule has 1 fully saturated rings. The summed E-state index contributed by atoms with van der Waals surface area (Å²) in [6.07, 6.45) is 2.70. The van der Waals surface area contributed by atoms with Gasteiger partial charge in [0, 0.05) is 0 Å². The smallest absolute Gasteiger partial charge is 0.321 e. The summed E-state index contributed by atoms with van der Waals surface area (Å²) in [4.78, 5) is 10.6. The highest BCUT2D eigenvalue weighted by Gasteiger charge is 2.34. The maximum absolute atomic E-state index is 10.6. The van der Waals surface area contributed by atoms with Crippen LogP contribution in [0.25, 0.3) is 0 Å². The molecule has 1 heterocycles. The van der Waals surface area contributed by atoms with Crippen molar-refractivity contribution in [2.75, 3.05) is 0 Å². The summed E-state index contributed by atoms with van der Waals surface area (Å²) in [6, 6.07) is 0. The number of hydrogen-bond acceptors (Lipinski definition) is 2. The van der Waals surface area contributed by atoms with Crippen molar-refractivity contribution < 1.29 is 9.53 Å². The molecule has 0 N–H and O–H groups in total. The first kappa shape index (κ1) is 6.33. The lowest BCUT2D eigenvalue weighted by Crippen LogP contribution is -2.31. The Labute approximate surface area is 54.5 Å². The molecular weight excluding hydrogens is 116 g/mol. The first-order valence-electron chi connectivity index (χ1n) is 3.17. The van der Waals surface area contributed by atoms with E-state index in [-0.39, 0.29) is 11.9 Å². The van der Waals surface area contributed by atoms with Crippen LogP contribution in [-0.4, -0.2) is 5.97 Å². The molecule has 1 aliphatic rings. The average molecular weight is 126 g/mol. The predicted octanol–water partition coefficient (Wildman–Crippen LogP) is 1.47. The Morgan fingerprint density at radius 3 is 2.67 bits per heavy atom. The summed E-state index contributed by atoms with van der Waals surface area (Å²) in [5.74, 6) is 0.822. The monoisotopic (exact) mass is 126 g/mol. The van der Waals surface area contributed by atoms with Crippen LogP contribution in [0.2, 0.25) is 0 Å². The summed E-state index contributed by atoms with van der Waals surface area (Å²) in [5, 5.41) is 0. The Kier molecular flexibility index (Phi) is 1.56. The third kappa shape index (κ3) is 0.846. The van der Waals surface area contributed by atoms with E-state index in [2.05, 4.69) is 0 Å². The molecular formula is C7H10O2. The van der Waals surface area contributed by atoms with Crippen molar-refractivity contribution in [2.24, 2.45) is 5.92 Å². The molecule has 9 heavy (non-hydrogen) atoms. The minimum Gasteiger partial charge on any atom is -0.430 e. The fourth-order valence-corrected chi connectivity index (χ4v) is 0.944. The molecule has 0 unspecified atom stereocenters. The van der Waals surface area contributed by atoms with Crippen LogP contribution >= 0.6 is 0 Å². The van der Waals surface area contributed by atoms with E-state index in [9.17, 15) is 4.79 Å². The van der Waals surface area contributed by atoms with E-state index in [0.717, 1.165) is 12.2 Å². The Hall–Kier alpha value is -0.790. The van der Waals surface area contributed by atoms with Gasteiger partial charge >= 0.3 is 5.97 Å². The number of hydrogen-bond donors (Lipinski definition) is 0. The Morgan fingerprint density at radius 2 is 2.44 bits per heavy atom. The maximum Gasteiger partial charge on any atom is 0.321 e. The van der Waals surface area contributed by atoms with Gasteiger partial charge in [0.1, 0.15) is 11.7 Å². The van der Waals surface area contributed by atoms with E-state index in [1.807, 2.05) is 19.9 Å². The van der Waals surface area contributed by atoms with Crippen molar-refractivity contribution in [3.63, 3.8) is 0 Å². The SMILES string of the molecule is C/C=C1/OC(=O)[C@@H]1CC. The molecule has 0 saturated carbocycles. The van der Waals surface area contributed by atoms with Crippen molar-refractivity contribution >= 4 is 5.97 Å². The number of cyclic esters (lactones) is 1. The van der Waals surface area contributed by atoms with Crippen molar-refractivity contribution in [1.29, 1.82) is 0 Å². The van der Waals surface area contributed by atoms with Gasteiger partial charge in [-0.15, -0.1) is 0 Å². The molecule has 0 aromatic carbocycles. The molecule has 0 aliphatic carbocycles. The minimum absolute atomic E-state index is 0.0648. The summed E-state index contributed by atoms with van der Waals surface area (Å²) in [7, 11) is 0. The topological polar surface area (TPSA) is 26.3 Å². The van der Waals surface area contributed by atoms with Crippen LogP contribution < -0.4 is 0 Å². The Morgan fingerprint density at radius 1 is 1.78 bits per heavy atom. The van der Waals surface area contributed by atoms with Gasteiger partial charge in [-0.3, -0.25) is 4.79 Å². The van der Waals surface area contributed by atoms with Crippen LogP contribution in [0, 0.1) is 5.92 Å². The number of carbonyl (C=O) groups is 1. The third-order valence-electron chi connectivity index (χ3n) is 1.54. The van der Waals surface area contributed by atoms with Gasteiger partial charge in [0.15, 0.2) is 0 Å². The Balaban J connectivity index is 2.58. The lowest BCUT2D eigenvalue weighted by Gasteiger charge is -2.26. The van der Waals surface area contributed by atoms with Crippen LogP contribution in [0.4, 0.5) is 0 Å². The van der Waals surface area contributed by atoms with E-state index in [0.29, 0.717) is 0 Å². The van der Waals surface area contributed by atoms with Crippen molar-refractivity contribution in [3.8, 4) is 0 Å². The Bertz CT molecular complexity index is 158. The first-order valence-corrected chi connectivity index (χ1v) is 3.17. The molecule has 1 aliphatic heterocycles. The molecule has 1 atom stereocenters. The molecule has 0 aromatic rings. The van der Waals surface area contributed by atoms with Gasteiger partial charge < -0.3 is 4.74 Å². The van der Waals surface area contributed by atoms with Gasteiger partial charge in [-0.05, 0) is 19.4 Å². The van der Waals surface area contributed by atoms with Crippen molar-refractivity contribution in [3.05, 3.63) is 11.8 Å². The zero-order valence-corrected chi connectivity index (χ0v) is 5.68. The van der Waals surface area contributed by atoms with E-state index in [1.165, 1.54) is 0 Å². The minimum atomic E-state index is -0.0781. The average Bonchev–Trinajstić information content (AvgIpc) is 1.83. The first-order chi connectivity index (χ1) is 4.29. The highest BCUT2D eigenvalue weighted by atomic mass is 16.6. The summed E-state index contributed by atoms with van der Waals surface area (Å²) in [6.45, 7) is 3.86. The van der Waals surface area contributed by atoms with Gasteiger partial charge in [-0.2, -0.15) is 0 Å². The molecule has 2 heteroatoms. The van der Waals surface area contributed by atoms with Crippen LogP contribution in [0.15, 0.2) is 11.8 Å². The van der Waals surface area contributed by atoms with Gasteiger partial charge in [-0.25, -0.2) is 0 Å². The summed E-state index contributed by atoms with van der Waals surface area (Å²) < 4.78 is 4.71. The van der Waals surface area contributed by atoms with Crippen molar-refractivity contribution in [2.45, 2.75) is 20.3 Å². The number of carbonyl (C=O) groups excluding carboxylic acids is 1. The summed E-state index contributed by atoms with van der Waals surface area (Å²) in [5.41, 5.74) is 0. The maximum atomic E-state index is 10.6. The zero-order chi connectivity index (χ0) is 6.85. The molecule has 1 saturated heterocycles. The second kappa shape index (κ2) is 2.21. The number of rotatable bonds is 1. The van der Waals surface area contributed by atoms with Gasteiger partial charge in [0.05, 0.1) is 0 Å². The largest absolute Gasteiger partial charge is 0.430 e. The van der Waals surface area contributed by atoms with Crippen LogP contribution in [0.1, 0.15) is 20.3 Å². The van der Waals surface area contributed by atoms with Gasteiger partial charge in [0.25, 0.3) is 0 Å². The number of ether oxygens (including phenoxy) is 1. The molecule has 0 aromatic heterocycles. The van der Waals surface area contributed by atoms with Crippen LogP contribution in [-0.2, 0) is 9.53 Å². The molecule has 50 valence electrons. The lowest BCUT2D eigenvalue weighted by molar-refractivity contribution is -0.157. The molecule has 0 amide bonds. The van der Waals surface area contributed by atoms with Crippen LogP contribution in [0.5, 0.6) is 0 Å². The fourth-order valence-electron chi connectivity index (χ4n) is 0.944. The highest BCUT2D eigenvalue weighted by Crippen LogP contribution is 2.28. The fraction of sp³-hybridized carbons (Fsp3) is 0.571. The van der Waals surface area contributed by atoms with Gasteiger partial charge in [0.2, 0.25) is 0 Å². The van der Waals surface area contributed by atoms with E-state index < -0.39 is 0 Å². The molecule has 0 radical (unpaired) electrons. The number of esters is 1. The normalized spacial score (nSPS) is 29.8. The third-order valence-corrected chi connectivity index (χ3v) is 1.54. The molecule has 0 bridgehead atoms. The second-order valence-corrected chi connectivity index (χ2v) is 2.07. The second-order valence-electron chi connectivity index (χ2n) is 2.07. The summed E-state index contributed by atoms with van der Waals surface area (Å²) >= 11 is 0. The molecule has 1 rings (SSSR count). The van der Waals surface area contributed by atoms with Gasteiger partial charge in [-0.1, -0.05) is 6.92 Å².